The number of aromatic amines is 3. The maximum Gasteiger partial charge on any atom is 0.356 e. The molecule has 0 atom stereocenters. The van der Waals surface area contributed by atoms with E-state index in [4.69, 9.17) is 29.9 Å². The number of fused-ring (bicyclic) bond motifs is 1. The number of nitrogens with one attached hydrogen (secondary N) is 3. The van der Waals surface area contributed by atoms with E-state index in [1.54, 1.807) is 159 Å². The largest absolute Gasteiger partial charge is 0.512 e. The third-order valence-corrected chi connectivity index (χ3v) is 13.8. The van der Waals surface area contributed by atoms with Crippen molar-refractivity contribution in [1.82, 2.24) is 80.2 Å². The van der Waals surface area contributed by atoms with Crippen molar-refractivity contribution < 1.29 is 165 Å². The summed E-state index contributed by atoms with van der Waals surface area (Å²) >= 11 is 0. The Morgan fingerprint density at radius 2 is 0.856 bits per heavy atom. The average molecular weight is 2580 g/mol. The Morgan fingerprint density at radius 3 is 1.15 bits per heavy atom. The van der Waals surface area contributed by atoms with Crippen LogP contribution in [0, 0.1) is 83.4 Å². The Balaban J connectivity index is 0.000000692. The summed E-state index contributed by atoms with van der Waals surface area (Å²) in [6.07, 6.45) is 28.2. The number of aromatic carboxylic acids is 2. The van der Waals surface area contributed by atoms with Crippen molar-refractivity contribution in [3.63, 3.8) is 0 Å². The number of hydrogen-bond acceptors (Lipinski definition) is 16. The van der Waals surface area contributed by atoms with Crippen LogP contribution in [-0.2, 0) is 105 Å². The minimum absolute atomic E-state index is 0. The maximum absolute atomic E-state index is 13.7. The van der Waals surface area contributed by atoms with Crippen LogP contribution in [0.1, 0.15) is 34.8 Å². The first-order valence-corrected chi connectivity index (χ1v) is 34.5. The van der Waals surface area contributed by atoms with Crippen molar-refractivity contribution in [3.8, 4) is 56.3 Å². The number of aliphatic hydroxyl groups excluding tert-OH is 1. The molecule has 17 aromatic rings. The molecule has 0 fully saturated rings. The summed E-state index contributed by atoms with van der Waals surface area (Å²) < 4.78 is 105. The molecule has 11 heterocycles. The van der Waals surface area contributed by atoms with Gasteiger partial charge in [0, 0.05) is 252 Å². The topological polar surface area (TPSA) is 323 Å². The number of hydrogen-bond donors (Lipinski definition) is 6. The molecule has 0 spiro atoms. The first-order valence-electron chi connectivity index (χ1n) is 34.5. The van der Waals surface area contributed by atoms with E-state index in [1.807, 2.05) is 66.9 Å². The molecule has 125 heavy (non-hydrogen) atoms. The second-order valence-electron chi connectivity index (χ2n) is 22.5. The number of ketones is 1. The van der Waals surface area contributed by atoms with Gasteiger partial charge < -0.3 is 44.8 Å². The Kier molecular flexibility index (Phi) is 56.0. The van der Waals surface area contributed by atoms with Gasteiger partial charge >= 0.3 is 11.9 Å². The molecular weight excluding hydrogens is 2510 g/mol. The third-order valence-electron chi connectivity index (χ3n) is 13.8. The molecule has 0 saturated carbocycles. The van der Waals surface area contributed by atoms with Gasteiger partial charge in [-0.2, -0.15) is 20.4 Å². The minimum Gasteiger partial charge on any atom is -0.512 e. The van der Waals surface area contributed by atoms with Crippen LogP contribution in [0.3, 0.4) is 0 Å². The summed E-state index contributed by atoms with van der Waals surface area (Å²) in [4.78, 5) is 63.9. The summed E-state index contributed by atoms with van der Waals surface area (Å²) in [7, 11) is 5.08. The molecule has 37 heteroatoms. The van der Waals surface area contributed by atoms with Gasteiger partial charge in [0.2, 0.25) is 0 Å². The molecule has 647 valence electrons. The molecule has 0 amide bonds. The predicted molar refractivity (Wildman–Crippen MR) is 432 cm³/mol. The van der Waals surface area contributed by atoms with E-state index in [0.29, 0.717) is 22.8 Å². The van der Waals surface area contributed by atoms with Crippen LogP contribution in [0.4, 0.5) is 40.8 Å². The number of carboxylic acid groups (broad SMARTS) is 2. The Hall–Kier alpha value is -13.2. The van der Waals surface area contributed by atoms with Gasteiger partial charge in [0.25, 0.3) is 7.98 Å². The molecule has 11 aromatic heterocycles. The molecule has 6 aromatic carbocycles. The average Bonchev–Trinajstić information content (AvgIpc) is 0.927. The zero-order valence-corrected chi connectivity index (χ0v) is 76.7. The smallest absolute Gasteiger partial charge is 0.356 e. The van der Waals surface area contributed by atoms with Crippen molar-refractivity contribution in [3.05, 3.63) is 429 Å². The number of halogens is 8. The number of rotatable bonds is 8. The monoisotopic (exact) mass is 2580 g/mol. The minimum atomic E-state index is -1.05. The summed E-state index contributed by atoms with van der Waals surface area (Å²) in [5.74, 6) is -7.80. The van der Waals surface area contributed by atoms with Crippen molar-refractivity contribution in [2.75, 3.05) is 0 Å². The van der Waals surface area contributed by atoms with E-state index in [-0.39, 0.29) is 146 Å². The molecule has 6 N–H and O–H groups in total. The fourth-order valence-corrected chi connectivity index (χ4v) is 8.74. The van der Waals surface area contributed by atoms with E-state index in [2.05, 4.69) is 123 Å². The normalized spacial score (nSPS) is 9.30. The number of carbonyl (C=O) groups excluding carboxylic acids is 1. The van der Waals surface area contributed by atoms with Gasteiger partial charge in [-0.1, -0.05) is 114 Å². The fourth-order valence-electron chi connectivity index (χ4n) is 8.74. The molecule has 7 radical (unpaired) electrons. The Bertz CT molecular complexity index is 5470. The number of aliphatic hydroxyl groups is 1. The number of allylic oxidation sites excluding steroid dienone is 2. The van der Waals surface area contributed by atoms with E-state index in [1.165, 1.54) is 72.3 Å². The van der Waals surface area contributed by atoms with E-state index < -0.39 is 64.2 Å². The third kappa shape index (κ3) is 42.4. The molecular formula is C88H65BF8Ir5N17O6-5. The fraction of sp³-hybridized carbons (Fsp3) is 0.0227. The molecule has 0 aliphatic rings. The number of pyridine rings is 6. The summed E-state index contributed by atoms with van der Waals surface area (Å²) in [6.45, 7) is 9.54. The zero-order chi connectivity index (χ0) is 86.5. The van der Waals surface area contributed by atoms with E-state index in [9.17, 15) is 49.5 Å². The number of carboxylic acids is 2. The van der Waals surface area contributed by atoms with Gasteiger partial charge in [0.1, 0.15) is 5.69 Å². The van der Waals surface area contributed by atoms with Crippen LogP contribution in [0.2, 0.25) is 0 Å². The summed E-state index contributed by atoms with van der Waals surface area (Å²) in [5.41, 5.74) is 3.70. The second-order valence-corrected chi connectivity index (χ2v) is 22.5. The van der Waals surface area contributed by atoms with Crippen molar-refractivity contribution >= 4 is 42.2 Å². The van der Waals surface area contributed by atoms with E-state index >= 15 is 0 Å². The molecule has 0 bridgehead atoms. The molecule has 23 nitrogen and oxygen atoms in total. The number of benzene rings is 6. The summed E-state index contributed by atoms with van der Waals surface area (Å²) in [5, 5.41) is 49.6. The Morgan fingerprint density at radius 1 is 0.432 bits per heavy atom. The number of carbonyl (C=O) groups is 3. The molecule has 0 aliphatic carbocycles. The maximum atomic E-state index is 13.7. The van der Waals surface area contributed by atoms with E-state index in [0.717, 1.165) is 53.7 Å². The van der Waals surface area contributed by atoms with Gasteiger partial charge in [-0.15, -0.1) is 90.0 Å². The Labute approximate surface area is 780 Å². The zero-order valence-electron chi connectivity index (χ0n) is 64.7. The molecule has 0 aliphatic heterocycles. The van der Waals surface area contributed by atoms with Crippen LogP contribution in [0.5, 0.6) is 0 Å². The standard InChI is InChI=1S/C15H10N.C12H5F2N2.3C11H6F2N.C6H5NO2.C5H4N2O2.C5H8O2.C3H3BN2.3C3H4N2.5Ir/c1-2-7-13(8-3-1)15-14-9-5-4-6-12(14)10-11-16-15;1-15-12-9(13)6-5-8(11(12)14)10-4-2-3-7-16-10;3*12-8-4-5-9(10(13)7-8)11-3-1-2-6-14-11;8-6(9)5-3-1-2-4-7-5;8-5(9)4-3-6-1-2-7-4;1-4(6)3-5(2)7;4-6-3-1-2-5-6;3*1-2-4-5-3-1;;;;;/h1-7,9-11H;2-4,6-7H;3*1-4,6-7H;1-4H,(H,8,9);1-3H,(H,8,9);3,6H,1-2H3;1-3H;3*1-3H,(H,4,5);;;;;/q5*-1;;;;;;;;;;;;. The second kappa shape index (κ2) is 63.7. The van der Waals surface area contributed by atoms with Crippen LogP contribution in [0.25, 0.3) is 71.9 Å². The van der Waals surface area contributed by atoms with Crippen LogP contribution >= 0.6 is 0 Å². The van der Waals surface area contributed by atoms with Gasteiger partial charge in [0.15, 0.2) is 17.2 Å². The van der Waals surface area contributed by atoms with Crippen LogP contribution < -0.4 is 0 Å². The number of H-pyrrole nitrogens is 3. The number of nitrogens with zero attached hydrogens (tertiary/aromatic N) is 14. The SMILES string of the molecule is CC(=O)C=C(C)O.Fc1c[c-]c(-c2ccccn2)c(F)c1.Fc1c[c-]c(-c2ccccn2)c(F)c1.Fc1c[c-]c(-c2ccccn2)c(F)c1.O=C(O)c1ccccn1.O=C(O)c1cnccn1.[B]n1cccn1.[C-]#[N+]c1c(F)c[c-]c(-c2ccccn2)c1F.[Ir].[Ir].[Ir].[Ir].[Ir].[c-]1ccccc1-c1nccc2ccccc12.c1cn[nH]c1.c1cn[nH]c1.c1cn[nH]c1. The summed E-state index contributed by atoms with van der Waals surface area (Å²) in [6, 6.07) is 70.4. The van der Waals surface area contributed by atoms with Gasteiger partial charge in [-0.25, -0.2) is 19.6 Å². The van der Waals surface area contributed by atoms with Crippen LogP contribution in [-0.4, -0.2) is 121 Å². The van der Waals surface area contributed by atoms with Gasteiger partial charge in [-0.05, 0) is 120 Å². The first kappa shape index (κ1) is 110. The molecule has 0 unspecified atom stereocenters. The van der Waals surface area contributed by atoms with Crippen molar-refractivity contribution in [2.24, 2.45) is 0 Å². The van der Waals surface area contributed by atoms with Gasteiger partial charge in [-0.3, -0.25) is 65.0 Å². The molecule has 17 rings (SSSR count). The van der Waals surface area contributed by atoms with Crippen LogP contribution in [0.15, 0.2) is 330 Å². The van der Waals surface area contributed by atoms with Crippen molar-refractivity contribution in [2.45, 2.75) is 13.8 Å². The van der Waals surface area contributed by atoms with Gasteiger partial charge in [0.05, 0.1) is 18.5 Å². The van der Waals surface area contributed by atoms with Crippen molar-refractivity contribution in [1.29, 1.82) is 0 Å². The quantitative estimate of drug-likeness (QED) is 0.0271. The predicted octanol–water partition coefficient (Wildman–Crippen LogP) is 18.6. The first-order chi connectivity index (χ1) is 58.1. The number of aromatic nitrogens is 16. The molecule has 0 saturated heterocycles.